The van der Waals surface area contributed by atoms with E-state index < -0.39 is 5.54 Å². The fourth-order valence-electron chi connectivity index (χ4n) is 0.819. The normalized spacial score (nSPS) is 28.5. The van der Waals surface area contributed by atoms with Crippen molar-refractivity contribution in [2.75, 3.05) is 0 Å². The number of nitrogens with two attached hydrogens (primary N) is 1. The minimum Gasteiger partial charge on any atom is -0.310 e. The number of rotatable bonds is 0. The number of nitrogens with zero attached hydrogens (tertiary/aromatic N) is 2. The molecule has 0 heterocycles. The van der Waals surface area contributed by atoms with Gasteiger partial charge < -0.3 is 5.73 Å². The van der Waals surface area contributed by atoms with Crippen LogP contribution >= 0.6 is 0 Å². The Morgan fingerprint density at radius 2 is 2.27 bits per heavy atom. The quantitative estimate of drug-likeness (QED) is 0.543. The van der Waals surface area contributed by atoms with E-state index in [0.29, 0.717) is 12.0 Å². The van der Waals surface area contributed by atoms with Crippen LogP contribution in [0.4, 0.5) is 0 Å². The highest BCUT2D eigenvalue weighted by Crippen LogP contribution is 2.16. The molecule has 11 heavy (non-hydrogen) atoms. The SMILES string of the molecule is N#CC1=CCC(N)(C#N)C=C1. The average Bonchev–Trinajstić information content (AvgIpc) is 2.06. The molecule has 0 saturated carbocycles. The van der Waals surface area contributed by atoms with Crippen molar-refractivity contribution in [3.63, 3.8) is 0 Å². The maximum Gasteiger partial charge on any atom is 0.126 e. The second-order valence-corrected chi connectivity index (χ2v) is 2.46. The lowest BCUT2D eigenvalue weighted by molar-refractivity contribution is 0.672. The van der Waals surface area contributed by atoms with E-state index in [4.69, 9.17) is 16.3 Å². The Morgan fingerprint density at radius 1 is 1.55 bits per heavy atom. The van der Waals surface area contributed by atoms with Crippen molar-refractivity contribution < 1.29 is 0 Å². The van der Waals surface area contributed by atoms with Gasteiger partial charge in [0.1, 0.15) is 5.54 Å². The van der Waals surface area contributed by atoms with Gasteiger partial charge >= 0.3 is 0 Å². The van der Waals surface area contributed by atoms with Crippen LogP contribution in [-0.2, 0) is 0 Å². The number of hydrogen-bond acceptors (Lipinski definition) is 3. The van der Waals surface area contributed by atoms with Gasteiger partial charge in [-0.1, -0.05) is 6.08 Å². The molecule has 0 aromatic rings. The fraction of sp³-hybridized carbons (Fsp3) is 0.250. The lowest BCUT2D eigenvalue weighted by Gasteiger charge is -2.17. The molecule has 0 saturated heterocycles. The summed E-state index contributed by atoms with van der Waals surface area (Å²) in [6, 6.07) is 3.94. The van der Waals surface area contributed by atoms with E-state index in [0.717, 1.165) is 0 Å². The first-order chi connectivity index (χ1) is 5.20. The Morgan fingerprint density at radius 3 is 2.64 bits per heavy atom. The van der Waals surface area contributed by atoms with Gasteiger partial charge in [0.25, 0.3) is 0 Å². The third-order valence-electron chi connectivity index (χ3n) is 1.56. The van der Waals surface area contributed by atoms with E-state index in [9.17, 15) is 0 Å². The maximum absolute atomic E-state index is 8.57. The number of allylic oxidation sites excluding steroid dienone is 2. The van der Waals surface area contributed by atoms with Crippen LogP contribution < -0.4 is 5.73 Å². The van der Waals surface area contributed by atoms with Crippen molar-refractivity contribution in [2.45, 2.75) is 12.0 Å². The molecule has 1 unspecified atom stereocenters. The summed E-state index contributed by atoms with van der Waals surface area (Å²) >= 11 is 0. The predicted octanol–water partition coefficient (Wildman–Crippen LogP) is 0.617. The molecule has 1 atom stereocenters. The first-order valence-corrected chi connectivity index (χ1v) is 3.20. The van der Waals surface area contributed by atoms with Crippen molar-refractivity contribution in [3.05, 3.63) is 23.8 Å². The van der Waals surface area contributed by atoms with E-state index in [1.165, 1.54) is 0 Å². The van der Waals surface area contributed by atoms with Crippen molar-refractivity contribution in [2.24, 2.45) is 5.73 Å². The second kappa shape index (κ2) is 2.57. The van der Waals surface area contributed by atoms with Gasteiger partial charge in [-0.25, -0.2) is 0 Å². The molecule has 1 aliphatic carbocycles. The third-order valence-corrected chi connectivity index (χ3v) is 1.56. The molecule has 54 valence electrons. The smallest absolute Gasteiger partial charge is 0.126 e. The van der Waals surface area contributed by atoms with E-state index in [1.807, 2.05) is 12.1 Å². The topological polar surface area (TPSA) is 73.6 Å². The first kappa shape index (κ1) is 7.53. The van der Waals surface area contributed by atoms with E-state index in [-0.39, 0.29) is 0 Å². The van der Waals surface area contributed by atoms with Gasteiger partial charge in [0.05, 0.1) is 12.1 Å². The van der Waals surface area contributed by atoms with Crippen LogP contribution in [0.1, 0.15) is 6.42 Å². The van der Waals surface area contributed by atoms with Crippen LogP contribution in [0.25, 0.3) is 0 Å². The zero-order chi connectivity index (χ0) is 8.32. The summed E-state index contributed by atoms with van der Waals surface area (Å²) in [5.41, 5.74) is 5.24. The fourth-order valence-corrected chi connectivity index (χ4v) is 0.819. The molecule has 0 radical (unpaired) electrons. The van der Waals surface area contributed by atoms with Crippen LogP contribution in [0.3, 0.4) is 0 Å². The first-order valence-electron chi connectivity index (χ1n) is 3.20. The standard InChI is InChI=1S/C8H7N3/c9-5-7-1-3-8(11,6-10)4-2-7/h1-3H,4,11H2. The van der Waals surface area contributed by atoms with Crippen LogP contribution in [0.15, 0.2) is 23.8 Å². The summed E-state index contributed by atoms with van der Waals surface area (Å²) in [5.74, 6) is 0. The van der Waals surface area contributed by atoms with Gasteiger partial charge in [0, 0.05) is 12.0 Å². The van der Waals surface area contributed by atoms with Gasteiger partial charge in [0.15, 0.2) is 0 Å². The molecule has 3 heteroatoms. The van der Waals surface area contributed by atoms with Crippen LogP contribution in [0.2, 0.25) is 0 Å². The monoisotopic (exact) mass is 145 g/mol. The Hall–Kier alpha value is -1.58. The van der Waals surface area contributed by atoms with Crippen molar-refractivity contribution in [1.82, 2.24) is 0 Å². The van der Waals surface area contributed by atoms with Gasteiger partial charge in [-0.2, -0.15) is 10.5 Å². The molecule has 3 nitrogen and oxygen atoms in total. The summed E-state index contributed by atoms with van der Waals surface area (Å²) in [4.78, 5) is 0. The molecule has 0 amide bonds. The molecule has 0 bridgehead atoms. The highest BCUT2D eigenvalue weighted by molar-refractivity contribution is 5.41. The highest BCUT2D eigenvalue weighted by atomic mass is 14.7. The largest absolute Gasteiger partial charge is 0.310 e. The Labute approximate surface area is 65.0 Å². The molecule has 1 aliphatic rings. The summed E-state index contributed by atoms with van der Waals surface area (Å²) in [6.45, 7) is 0. The third kappa shape index (κ3) is 1.46. The summed E-state index contributed by atoms with van der Waals surface area (Å²) < 4.78 is 0. The minimum atomic E-state index is -0.902. The van der Waals surface area contributed by atoms with E-state index >= 15 is 0 Å². The molecular weight excluding hydrogens is 138 g/mol. The molecule has 0 aliphatic heterocycles. The molecule has 0 spiro atoms. The van der Waals surface area contributed by atoms with E-state index in [1.54, 1.807) is 18.2 Å². The van der Waals surface area contributed by atoms with Crippen molar-refractivity contribution in [3.8, 4) is 12.1 Å². The molecule has 0 aromatic heterocycles. The average molecular weight is 145 g/mol. The number of nitriles is 2. The van der Waals surface area contributed by atoms with Crippen LogP contribution in [0.5, 0.6) is 0 Å². The van der Waals surface area contributed by atoms with Gasteiger partial charge in [-0.15, -0.1) is 0 Å². The lowest BCUT2D eigenvalue weighted by Crippen LogP contribution is -2.36. The Bertz CT molecular complexity index is 300. The number of hydrogen-bond donors (Lipinski definition) is 1. The second-order valence-electron chi connectivity index (χ2n) is 2.46. The summed E-state index contributed by atoms with van der Waals surface area (Å²) in [6.07, 6.45) is 5.23. The maximum atomic E-state index is 8.57. The molecule has 2 N–H and O–H groups in total. The zero-order valence-corrected chi connectivity index (χ0v) is 5.91. The summed E-state index contributed by atoms with van der Waals surface area (Å²) in [5, 5.41) is 17.0. The predicted molar refractivity (Wildman–Crippen MR) is 40.0 cm³/mol. The summed E-state index contributed by atoms with van der Waals surface area (Å²) in [7, 11) is 0. The molecule has 0 aromatic carbocycles. The zero-order valence-electron chi connectivity index (χ0n) is 5.91. The van der Waals surface area contributed by atoms with Gasteiger partial charge in [0.2, 0.25) is 0 Å². The molecular formula is C8H7N3. The molecule has 1 rings (SSSR count). The van der Waals surface area contributed by atoms with Crippen molar-refractivity contribution >= 4 is 0 Å². The van der Waals surface area contributed by atoms with Crippen molar-refractivity contribution in [1.29, 1.82) is 10.5 Å². The molecule has 0 fully saturated rings. The highest BCUT2D eigenvalue weighted by Gasteiger charge is 2.21. The van der Waals surface area contributed by atoms with E-state index in [2.05, 4.69) is 0 Å². The van der Waals surface area contributed by atoms with Crippen LogP contribution in [-0.4, -0.2) is 5.54 Å². The minimum absolute atomic E-state index is 0.420. The Kier molecular flexibility index (Phi) is 1.76. The lowest BCUT2D eigenvalue weighted by atomic mass is 9.92. The van der Waals surface area contributed by atoms with Gasteiger partial charge in [-0.3, -0.25) is 0 Å². The van der Waals surface area contributed by atoms with Crippen LogP contribution in [0, 0.1) is 22.7 Å². The Balaban J connectivity index is 2.83. The van der Waals surface area contributed by atoms with Gasteiger partial charge in [-0.05, 0) is 12.2 Å².